The van der Waals surface area contributed by atoms with Crippen molar-refractivity contribution in [3.63, 3.8) is 0 Å². The Balaban J connectivity index is 1.72. The Labute approximate surface area is 163 Å². The third-order valence-electron chi connectivity index (χ3n) is 4.27. The smallest absolute Gasteiger partial charge is 0.294 e. The molecule has 2 fully saturated rings. The minimum absolute atomic E-state index is 0.243. The lowest BCUT2D eigenvalue weighted by Gasteiger charge is -2.29. The molecule has 0 saturated carbocycles. The minimum atomic E-state index is -0.262. The van der Waals surface area contributed by atoms with Crippen molar-refractivity contribution in [2.45, 2.75) is 13.3 Å². The van der Waals surface area contributed by atoms with Crippen LogP contribution in [-0.2, 0) is 9.53 Å². The van der Waals surface area contributed by atoms with Crippen LogP contribution >= 0.6 is 11.8 Å². The van der Waals surface area contributed by atoms with E-state index in [9.17, 15) is 9.59 Å². The molecule has 27 heavy (non-hydrogen) atoms. The first kappa shape index (κ1) is 19.7. The molecule has 146 valence electrons. The summed E-state index contributed by atoms with van der Waals surface area (Å²) in [5.41, 5.74) is 0.785. The molecule has 0 spiro atoms. The number of carbonyl (C=O) groups excluding carboxylic acids is 2. The number of imide groups is 1. The second kappa shape index (κ2) is 9.25. The zero-order valence-electron chi connectivity index (χ0n) is 15.6. The molecule has 8 heteroatoms. The number of hydrogen-bond donors (Lipinski definition) is 0. The van der Waals surface area contributed by atoms with Gasteiger partial charge in [0.25, 0.3) is 11.1 Å². The van der Waals surface area contributed by atoms with Gasteiger partial charge in [0.1, 0.15) is 0 Å². The van der Waals surface area contributed by atoms with Crippen molar-refractivity contribution in [2.75, 3.05) is 46.7 Å². The number of morpholine rings is 1. The number of benzene rings is 1. The van der Waals surface area contributed by atoms with E-state index in [1.165, 1.54) is 4.90 Å². The molecule has 2 heterocycles. The van der Waals surface area contributed by atoms with Crippen molar-refractivity contribution >= 4 is 29.0 Å². The zero-order chi connectivity index (χ0) is 19.2. The van der Waals surface area contributed by atoms with E-state index in [0.717, 1.165) is 36.8 Å². The molecule has 2 aliphatic rings. The Bertz CT molecular complexity index is 731. The molecule has 2 saturated heterocycles. The molecule has 2 aliphatic heterocycles. The molecule has 0 radical (unpaired) electrons. The fourth-order valence-corrected chi connectivity index (χ4v) is 3.65. The summed E-state index contributed by atoms with van der Waals surface area (Å²) in [5, 5.41) is -0.243. The summed E-state index contributed by atoms with van der Waals surface area (Å²) in [6, 6.07) is 5.47. The van der Waals surface area contributed by atoms with Crippen molar-refractivity contribution < 1.29 is 23.8 Å². The highest BCUT2D eigenvalue weighted by molar-refractivity contribution is 8.18. The van der Waals surface area contributed by atoms with Crippen molar-refractivity contribution in [3.05, 3.63) is 28.7 Å². The van der Waals surface area contributed by atoms with Crippen molar-refractivity contribution in [1.82, 2.24) is 9.80 Å². The first-order valence-electron chi connectivity index (χ1n) is 8.98. The average molecular weight is 392 g/mol. The second-order valence-electron chi connectivity index (χ2n) is 6.24. The summed E-state index contributed by atoms with van der Waals surface area (Å²) < 4.78 is 16.3. The van der Waals surface area contributed by atoms with E-state index in [1.54, 1.807) is 19.3 Å². The Morgan fingerprint density at radius 3 is 2.70 bits per heavy atom. The Morgan fingerprint density at radius 2 is 2.00 bits per heavy atom. The maximum absolute atomic E-state index is 12.7. The highest BCUT2D eigenvalue weighted by Crippen LogP contribution is 2.34. The van der Waals surface area contributed by atoms with E-state index in [2.05, 4.69) is 0 Å². The molecular formula is C19H24N2O5S. The van der Waals surface area contributed by atoms with Crippen LogP contribution in [0.5, 0.6) is 11.5 Å². The predicted molar refractivity (Wildman–Crippen MR) is 104 cm³/mol. The first-order chi connectivity index (χ1) is 13.1. The maximum atomic E-state index is 12.7. The van der Waals surface area contributed by atoms with Crippen molar-refractivity contribution in [2.24, 2.45) is 0 Å². The molecule has 1 aromatic rings. The molecule has 0 unspecified atom stereocenters. The highest BCUT2D eigenvalue weighted by Gasteiger charge is 2.36. The van der Waals surface area contributed by atoms with Crippen LogP contribution < -0.4 is 9.47 Å². The number of rotatable bonds is 7. The van der Waals surface area contributed by atoms with E-state index >= 15 is 0 Å². The maximum Gasteiger partial charge on any atom is 0.294 e. The number of amides is 2. The lowest BCUT2D eigenvalue weighted by atomic mass is 10.2. The number of carbonyl (C=O) groups is 2. The van der Waals surface area contributed by atoms with Crippen molar-refractivity contribution in [3.8, 4) is 11.5 Å². The van der Waals surface area contributed by atoms with Gasteiger partial charge in [0.2, 0.25) is 0 Å². The van der Waals surface area contributed by atoms with Gasteiger partial charge in [0.05, 0.1) is 38.5 Å². The van der Waals surface area contributed by atoms with Crippen LogP contribution in [0, 0.1) is 0 Å². The summed E-state index contributed by atoms with van der Waals surface area (Å²) >= 11 is 0.965. The SMILES string of the molecule is CCCOc1ccc(C=C2SC(=O)N(CN3CCOCC3)C2=O)cc1OC. The molecule has 2 amide bonds. The molecule has 1 aromatic carbocycles. The van der Waals surface area contributed by atoms with Crippen LogP contribution in [0.3, 0.4) is 0 Å². The number of hydrogen-bond acceptors (Lipinski definition) is 7. The summed E-state index contributed by atoms with van der Waals surface area (Å²) in [4.78, 5) is 28.7. The van der Waals surface area contributed by atoms with Gasteiger partial charge in [-0.25, -0.2) is 0 Å². The molecule has 7 nitrogen and oxygen atoms in total. The van der Waals surface area contributed by atoms with Crippen LogP contribution in [0.1, 0.15) is 18.9 Å². The molecule has 0 aliphatic carbocycles. The lowest BCUT2D eigenvalue weighted by molar-refractivity contribution is -0.125. The molecule has 0 atom stereocenters. The molecular weight excluding hydrogens is 368 g/mol. The zero-order valence-corrected chi connectivity index (χ0v) is 16.4. The molecule has 0 N–H and O–H groups in total. The van der Waals surface area contributed by atoms with Crippen LogP contribution in [0.4, 0.5) is 4.79 Å². The van der Waals surface area contributed by atoms with Gasteiger partial charge in [-0.2, -0.15) is 0 Å². The van der Waals surface area contributed by atoms with Gasteiger partial charge in [-0.15, -0.1) is 0 Å². The largest absolute Gasteiger partial charge is 0.493 e. The van der Waals surface area contributed by atoms with Gasteiger partial charge in [-0.1, -0.05) is 13.0 Å². The third kappa shape index (κ3) is 4.82. The van der Waals surface area contributed by atoms with Crippen molar-refractivity contribution in [1.29, 1.82) is 0 Å². The van der Waals surface area contributed by atoms with E-state index in [-0.39, 0.29) is 11.1 Å². The third-order valence-corrected chi connectivity index (χ3v) is 5.17. The average Bonchev–Trinajstić information content (AvgIpc) is 2.95. The quantitative estimate of drug-likeness (QED) is 0.661. The summed E-state index contributed by atoms with van der Waals surface area (Å²) in [5.74, 6) is 1.00. The molecule has 0 aromatic heterocycles. The first-order valence-corrected chi connectivity index (χ1v) is 9.80. The van der Waals surface area contributed by atoms with E-state index in [4.69, 9.17) is 14.2 Å². The summed E-state index contributed by atoms with van der Waals surface area (Å²) in [6.07, 6.45) is 2.62. The number of ether oxygens (including phenoxy) is 3. The summed E-state index contributed by atoms with van der Waals surface area (Å²) in [7, 11) is 1.58. The number of nitrogens with zero attached hydrogens (tertiary/aromatic N) is 2. The van der Waals surface area contributed by atoms with E-state index < -0.39 is 0 Å². The van der Waals surface area contributed by atoms with Gasteiger partial charge < -0.3 is 14.2 Å². The van der Waals surface area contributed by atoms with Crippen LogP contribution in [-0.4, -0.2) is 67.6 Å². The van der Waals surface area contributed by atoms with Gasteiger partial charge in [0, 0.05) is 13.1 Å². The molecule has 0 bridgehead atoms. The van der Waals surface area contributed by atoms with Crippen LogP contribution in [0.2, 0.25) is 0 Å². The highest BCUT2D eigenvalue weighted by atomic mass is 32.2. The fraction of sp³-hybridized carbons (Fsp3) is 0.474. The topological polar surface area (TPSA) is 68.3 Å². The normalized spacial score (nSPS) is 19.8. The van der Waals surface area contributed by atoms with E-state index in [1.807, 2.05) is 24.0 Å². The summed E-state index contributed by atoms with van der Waals surface area (Å²) in [6.45, 7) is 5.63. The standard InChI is InChI=1S/C19H24N2O5S/c1-3-8-26-15-5-4-14(11-16(15)24-2)12-17-18(22)21(19(23)27-17)13-20-6-9-25-10-7-20/h4-5,11-12H,3,6-10,13H2,1-2H3. The van der Waals surface area contributed by atoms with Gasteiger partial charge >= 0.3 is 0 Å². The molecule has 3 rings (SSSR count). The van der Waals surface area contributed by atoms with Crippen LogP contribution in [0.15, 0.2) is 23.1 Å². The lowest BCUT2D eigenvalue weighted by Crippen LogP contribution is -2.45. The Kier molecular flexibility index (Phi) is 6.76. The fourth-order valence-electron chi connectivity index (χ4n) is 2.82. The monoisotopic (exact) mass is 392 g/mol. The number of methoxy groups -OCH3 is 1. The van der Waals surface area contributed by atoms with Gasteiger partial charge in [-0.05, 0) is 42.0 Å². The predicted octanol–water partition coefficient (Wildman–Crippen LogP) is 2.81. The van der Waals surface area contributed by atoms with Gasteiger partial charge in [-0.3, -0.25) is 19.4 Å². The second-order valence-corrected chi connectivity index (χ2v) is 7.23. The van der Waals surface area contributed by atoms with Gasteiger partial charge in [0.15, 0.2) is 11.5 Å². The number of thioether (sulfide) groups is 1. The Hall–Kier alpha value is -2.03. The minimum Gasteiger partial charge on any atom is -0.493 e. The van der Waals surface area contributed by atoms with Crippen LogP contribution in [0.25, 0.3) is 6.08 Å². The Morgan fingerprint density at radius 1 is 1.22 bits per heavy atom. The van der Waals surface area contributed by atoms with E-state index in [0.29, 0.717) is 42.9 Å².